The Labute approximate surface area is 182 Å². The van der Waals surface area contributed by atoms with Crippen molar-refractivity contribution in [3.05, 3.63) is 94.2 Å². The van der Waals surface area contributed by atoms with Gasteiger partial charge < -0.3 is 14.7 Å². The van der Waals surface area contributed by atoms with Gasteiger partial charge in [-0.25, -0.2) is 0 Å². The van der Waals surface area contributed by atoms with Crippen LogP contribution in [0, 0.1) is 6.07 Å². The first kappa shape index (κ1) is 18.8. The predicted octanol–water partition coefficient (Wildman–Crippen LogP) is 6.31. The van der Waals surface area contributed by atoms with Crippen molar-refractivity contribution in [3.63, 3.8) is 0 Å². The highest BCUT2D eigenvalue weighted by Gasteiger charge is 2.18. The van der Waals surface area contributed by atoms with Gasteiger partial charge in [-0.2, -0.15) is 0 Å². The molecule has 4 nitrogen and oxygen atoms in total. The highest BCUT2D eigenvalue weighted by atomic mass is 35.5. The summed E-state index contributed by atoms with van der Waals surface area (Å²) in [4.78, 5) is 12.1. The van der Waals surface area contributed by atoms with Gasteiger partial charge in [-0.3, -0.25) is 4.79 Å². The minimum atomic E-state index is -0.479. The average Bonchev–Trinajstić information content (AvgIpc) is 3.36. The van der Waals surface area contributed by atoms with Gasteiger partial charge in [0.15, 0.2) is 0 Å². The van der Waals surface area contributed by atoms with E-state index in [2.05, 4.69) is 10.6 Å². The van der Waals surface area contributed by atoms with Crippen molar-refractivity contribution < 1.29 is 9.21 Å². The third kappa shape index (κ3) is 3.05. The lowest BCUT2D eigenvalue weighted by Gasteiger charge is -2.10. The molecular weight excluding hydrogens is 419 g/mol. The van der Waals surface area contributed by atoms with Crippen molar-refractivity contribution in [2.24, 2.45) is 5.73 Å². The summed E-state index contributed by atoms with van der Waals surface area (Å²) in [7, 11) is 0. The molecule has 0 spiro atoms. The zero-order chi connectivity index (χ0) is 20.8. The number of fused-ring (bicyclic) bond motifs is 3. The van der Waals surface area contributed by atoms with Crippen molar-refractivity contribution in [1.29, 1.82) is 0 Å². The molecule has 2 N–H and O–H groups in total. The smallest absolute Gasteiger partial charge is 0.249 e. The molecule has 0 aliphatic rings. The molecule has 0 aliphatic heterocycles. The van der Waals surface area contributed by atoms with Crippen LogP contribution in [-0.2, 0) is 6.54 Å². The quantitative estimate of drug-likeness (QED) is 0.360. The Hall–Kier alpha value is -3.21. The number of carbonyl (C=O) groups excluding carboxylic acids is 1. The summed E-state index contributed by atoms with van der Waals surface area (Å²) in [6, 6.07) is 21.9. The van der Waals surface area contributed by atoms with E-state index in [0.717, 1.165) is 38.7 Å². The number of hydrogen-bond acceptors (Lipinski definition) is 2. The van der Waals surface area contributed by atoms with Crippen molar-refractivity contribution in [2.45, 2.75) is 6.54 Å². The number of primary amides is 1. The van der Waals surface area contributed by atoms with E-state index in [1.54, 1.807) is 18.4 Å². The Kier molecular flexibility index (Phi) is 4.54. The number of benzene rings is 3. The first-order valence-corrected chi connectivity index (χ1v) is 10.0. The number of halogens is 2. The first-order chi connectivity index (χ1) is 14.5. The minimum Gasteiger partial charge on any atom is -0.464 e. The monoisotopic (exact) mass is 433 g/mol. The summed E-state index contributed by atoms with van der Waals surface area (Å²) >= 11 is 12.5. The topological polar surface area (TPSA) is 61.2 Å². The van der Waals surface area contributed by atoms with Crippen LogP contribution in [0.5, 0.6) is 0 Å². The second-order valence-corrected chi connectivity index (χ2v) is 7.86. The number of aromatic nitrogens is 1. The number of nitrogens with two attached hydrogens (primary N) is 1. The van der Waals surface area contributed by atoms with E-state index in [4.69, 9.17) is 33.4 Å². The molecule has 1 radical (unpaired) electrons. The fourth-order valence-electron chi connectivity index (χ4n) is 3.84. The van der Waals surface area contributed by atoms with Crippen molar-refractivity contribution in [2.75, 3.05) is 0 Å². The van der Waals surface area contributed by atoms with Crippen molar-refractivity contribution in [3.8, 4) is 11.3 Å². The summed E-state index contributed by atoms with van der Waals surface area (Å²) in [5.41, 5.74) is 9.70. The van der Waals surface area contributed by atoms with Gasteiger partial charge in [0.25, 0.3) is 0 Å². The van der Waals surface area contributed by atoms with Crippen LogP contribution in [0.25, 0.3) is 33.1 Å². The Balaban J connectivity index is 1.82. The second kappa shape index (κ2) is 7.24. The molecule has 0 aliphatic carbocycles. The van der Waals surface area contributed by atoms with Crippen LogP contribution in [0.1, 0.15) is 15.9 Å². The van der Waals surface area contributed by atoms with E-state index in [9.17, 15) is 4.79 Å². The number of nitrogens with zero attached hydrogens (tertiary/aromatic N) is 1. The molecule has 0 atom stereocenters. The van der Waals surface area contributed by atoms with E-state index in [0.29, 0.717) is 22.2 Å². The van der Waals surface area contributed by atoms with Gasteiger partial charge in [0, 0.05) is 38.5 Å². The normalized spacial score (nSPS) is 11.4. The van der Waals surface area contributed by atoms with Crippen LogP contribution < -0.4 is 5.73 Å². The standard InChI is InChI=1S/C24H15Cl2N2O2/c25-16-8-6-15(19(26)12-16)13-28-20-4-1-3-18(24(27)29)23(20)17-9-7-14(11-21(17)28)22-5-2-10-30-22/h1-8,10-12H,13H2,(H2,27,29). The van der Waals surface area contributed by atoms with Crippen molar-refractivity contribution >= 4 is 50.9 Å². The Morgan fingerprint density at radius 1 is 1.07 bits per heavy atom. The molecule has 30 heavy (non-hydrogen) atoms. The largest absolute Gasteiger partial charge is 0.464 e. The van der Waals surface area contributed by atoms with Gasteiger partial charge >= 0.3 is 0 Å². The van der Waals surface area contributed by atoms with Crippen LogP contribution in [0.15, 0.2) is 71.3 Å². The molecule has 3 aromatic carbocycles. The summed E-state index contributed by atoms with van der Waals surface area (Å²) in [5.74, 6) is 0.261. The maximum absolute atomic E-state index is 12.1. The molecular formula is C24H15Cl2N2O2. The summed E-state index contributed by atoms with van der Waals surface area (Å²) < 4.78 is 7.66. The van der Waals surface area contributed by atoms with Crippen LogP contribution >= 0.6 is 23.2 Å². The number of furan rings is 1. The molecule has 5 rings (SSSR count). The van der Waals surface area contributed by atoms with Gasteiger partial charge in [0.1, 0.15) is 5.76 Å². The number of amides is 1. The summed E-state index contributed by atoms with van der Waals surface area (Å²) in [6.45, 7) is 0.494. The minimum absolute atomic E-state index is 0.459. The van der Waals surface area contributed by atoms with Gasteiger partial charge in [-0.15, -0.1) is 0 Å². The zero-order valence-corrected chi connectivity index (χ0v) is 17.2. The highest BCUT2D eigenvalue weighted by Crippen LogP contribution is 2.35. The molecule has 2 heterocycles. The second-order valence-electron chi connectivity index (χ2n) is 7.01. The molecule has 5 aromatic rings. The SMILES string of the molecule is NC(=O)c1cccc2c1c1[c]cc(-c3ccco3)cc1n2Cc1ccc(Cl)cc1Cl. The van der Waals surface area contributed by atoms with Crippen LogP contribution in [0.3, 0.4) is 0 Å². The van der Waals surface area contributed by atoms with Crippen LogP contribution in [-0.4, -0.2) is 10.5 Å². The number of carbonyl (C=O) groups is 1. The number of rotatable bonds is 4. The van der Waals surface area contributed by atoms with Crippen molar-refractivity contribution in [1.82, 2.24) is 4.57 Å². The summed E-state index contributed by atoms with van der Waals surface area (Å²) in [6.07, 6.45) is 1.63. The Bertz CT molecular complexity index is 1420. The maximum atomic E-state index is 12.1. The number of hydrogen-bond donors (Lipinski definition) is 1. The zero-order valence-electron chi connectivity index (χ0n) is 15.7. The molecule has 0 fully saturated rings. The van der Waals surface area contributed by atoms with Crippen LogP contribution in [0.2, 0.25) is 10.0 Å². The van der Waals surface area contributed by atoms with Gasteiger partial charge in [0.2, 0.25) is 5.91 Å². The third-order valence-electron chi connectivity index (χ3n) is 5.21. The lowest BCUT2D eigenvalue weighted by molar-refractivity contribution is 0.100. The highest BCUT2D eigenvalue weighted by molar-refractivity contribution is 6.35. The third-order valence-corrected chi connectivity index (χ3v) is 5.80. The van der Waals surface area contributed by atoms with E-state index >= 15 is 0 Å². The first-order valence-electron chi connectivity index (χ1n) is 9.27. The maximum Gasteiger partial charge on any atom is 0.249 e. The molecule has 2 aromatic heterocycles. The van der Waals surface area contributed by atoms with Crippen LogP contribution in [0.4, 0.5) is 0 Å². The Morgan fingerprint density at radius 2 is 1.93 bits per heavy atom. The molecule has 0 unspecified atom stereocenters. The molecule has 147 valence electrons. The molecule has 0 saturated carbocycles. The van der Waals surface area contributed by atoms with Gasteiger partial charge in [-0.05, 0) is 60.2 Å². The van der Waals surface area contributed by atoms with Gasteiger partial charge in [-0.1, -0.05) is 35.3 Å². The van der Waals surface area contributed by atoms with E-state index in [1.165, 1.54) is 0 Å². The van der Waals surface area contributed by atoms with Gasteiger partial charge in [0.05, 0.1) is 17.3 Å². The Morgan fingerprint density at radius 3 is 2.67 bits per heavy atom. The molecule has 1 amide bonds. The average molecular weight is 434 g/mol. The fraction of sp³-hybridized carbons (Fsp3) is 0.0417. The lowest BCUT2D eigenvalue weighted by Crippen LogP contribution is -2.11. The van der Waals surface area contributed by atoms with E-state index in [-0.39, 0.29) is 0 Å². The fourth-order valence-corrected chi connectivity index (χ4v) is 4.30. The molecule has 6 heteroatoms. The summed E-state index contributed by atoms with van der Waals surface area (Å²) in [5, 5.41) is 2.75. The van der Waals surface area contributed by atoms with E-state index in [1.807, 2.05) is 48.5 Å². The molecule has 0 saturated heterocycles. The molecule has 0 bridgehead atoms. The van der Waals surface area contributed by atoms with E-state index < -0.39 is 5.91 Å². The predicted molar refractivity (Wildman–Crippen MR) is 120 cm³/mol. The lowest BCUT2D eigenvalue weighted by atomic mass is 10.0.